The SMILES string of the molecule is Cc1cc(N2CC[C@](C)(c3ccccc3)C2)cn2nc(C(=O)N3CCC4(C3)CN(c3cccc(C(=O)O)n3)C4)nc12. The Bertz CT molecular complexity index is 1660. The van der Waals surface area contributed by atoms with Crippen LogP contribution in [0.3, 0.4) is 0 Å². The molecule has 1 atom stereocenters. The molecule has 3 saturated heterocycles. The van der Waals surface area contributed by atoms with Crippen LogP contribution in [0.15, 0.2) is 60.8 Å². The van der Waals surface area contributed by atoms with E-state index >= 15 is 0 Å². The molecular weight excluding hydrogens is 518 g/mol. The summed E-state index contributed by atoms with van der Waals surface area (Å²) in [6, 6.07) is 17.9. The molecule has 3 aromatic heterocycles. The van der Waals surface area contributed by atoms with Gasteiger partial charge in [-0.2, -0.15) is 0 Å². The van der Waals surface area contributed by atoms with Crippen LogP contribution >= 0.6 is 0 Å². The van der Waals surface area contributed by atoms with E-state index in [0.717, 1.165) is 50.3 Å². The van der Waals surface area contributed by atoms with E-state index in [9.17, 15) is 14.7 Å². The van der Waals surface area contributed by atoms with Gasteiger partial charge in [0.15, 0.2) is 11.3 Å². The van der Waals surface area contributed by atoms with E-state index in [1.54, 1.807) is 10.6 Å². The van der Waals surface area contributed by atoms with Gasteiger partial charge in [0, 0.05) is 50.1 Å². The smallest absolute Gasteiger partial charge is 0.354 e. The molecule has 210 valence electrons. The molecule has 0 saturated carbocycles. The molecular formula is C31H33N7O3. The van der Waals surface area contributed by atoms with Crippen molar-refractivity contribution >= 4 is 29.0 Å². The number of aromatic carboxylic acids is 1. The molecule has 4 aromatic rings. The normalized spacial score (nSPS) is 21.6. The zero-order chi connectivity index (χ0) is 28.4. The van der Waals surface area contributed by atoms with E-state index in [0.29, 0.717) is 24.6 Å². The summed E-state index contributed by atoms with van der Waals surface area (Å²) in [6.07, 6.45) is 3.96. The summed E-state index contributed by atoms with van der Waals surface area (Å²) in [7, 11) is 0. The summed E-state index contributed by atoms with van der Waals surface area (Å²) in [5.74, 6) is -0.289. The highest BCUT2D eigenvalue weighted by Crippen LogP contribution is 2.42. The van der Waals surface area contributed by atoms with E-state index in [1.165, 1.54) is 11.6 Å². The van der Waals surface area contributed by atoms with Gasteiger partial charge in [0.05, 0.1) is 11.9 Å². The lowest BCUT2D eigenvalue weighted by molar-refractivity contribution is 0.0688. The van der Waals surface area contributed by atoms with Crippen LogP contribution in [0.5, 0.6) is 0 Å². The lowest BCUT2D eigenvalue weighted by Crippen LogP contribution is -2.58. The fourth-order valence-corrected chi connectivity index (χ4v) is 6.80. The van der Waals surface area contributed by atoms with E-state index in [4.69, 9.17) is 0 Å². The first-order chi connectivity index (χ1) is 19.7. The number of aryl methyl sites for hydroxylation is 1. The Kier molecular flexibility index (Phi) is 5.78. The number of amides is 1. The Labute approximate surface area is 238 Å². The van der Waals surface area contributed by atoms with Crippen molar-refractivity contribution < 1.29 is 14.7 Å². The molecule has 10 heteroatoms. The second kappa shape index (κ2) is 9.29. The number of carbonyl (C=O) groups excluding carboxylic acids is 1. The van der Waals surface area contributed by atoms with Crippen molar-refractivity contribution in [2.24, 2.45) is 5.41 Å². The minimum atomic E-state index is -1.03. The maximum Gasteiger partial charge on any atom is 0.354 e. The topological polar surface area (TPSA) is 107 Å². The van der Waals surface area contributed by atoms with Gasteiger partial charge < -0.3 is 19.8 Å². The third kappa shape index (κ3) is 4.38. The molecule has 1 spiro atoms. The van der Waals surface area contributed by atoms with Crippen molar-refractivity contribution in [2.45, 2.75) is 32.1 Å². The number of likely N-dealkylation sites (tertiary alicyclic amines) is 1. The van der Waals surface area contributed by atoms with E-state index in [1.807, 2.05) is 24.1 Å². The molecule has 0 radical (unpaired) electrons. The molecule has 1 aromatic carbocycles. The minimum absolute atomic E-state index is 0.0139. The van der Waals surface area contributed by atoms with Crippen molar-refractivity contribution in [1.82, 2.24) is 24.5 Å². The van der Waals surface area contributed by atoms with Crippen molar-refractivity contribution in [2.75, 3.05) is 49.1 Å². The fourth-order valence-electron chi connectivity index (χ4n) is 6.80. The van der Waals surface area contributed by atoms with Gasteiger partial charge >= 0.3 is 5.97 Å². The number of pyridine rings is 2. The van der Waals surface area contributed by atoms with Gasteiger partial charge in [-0.1, -0.05) is 43.3 Å². The van der Waals surface area contributed by atoms with E-state index in [2.05, 4.69) is 68.2 Å². The number of nitrogens with zero attached hydrogens (tertiary/aromatic N) is 7. The first-order valence-electron chi connectivity index (χ1n) is 14.1. The van der Waals surface area contributed by atoms with Crippen molar-refractivity contribution in [3.8, 4) is 0 Å². The molecule has 10 nitrogen and oxygen atoms in total. The summed E-state index contributed by atoms with van der Waals surface area (Å²) in [5.41, 5.74) is 4.26. The number of aromatic nitrogens is 4. The van der Waals surface area contributed by atoms with E-state index < -0.39 is 5.97 Å². The lowest BCUT2D eigenvalue weighted by Gasteiger charge is -2.48. The van der Waals surface area contributed by atoms with Crippen LogP contribution in [-0.4, -0.2) is 80.7 Å². The zero-order valence-electron chi connectivity index (χ0n) is 23.3. The monoisotopic (exact) mass is 551 g/mol. The van der Waals surface area contributed by atoms with Crippen LogP contribution in [0.1, 0.15) is 52.0 Å². The Morgan fingerprint density at radius 2 is 1.71 bits per heavy atom. The Morgan fingerprint density at radius 1 is 0.902 bits per heavy atom. The van der Waals surface area contributed by atoms with Crippen molar-refractivity contribution in [1.29, 1.82) is 0 Å². The molecule has 41 heavy (non-hydrogen) atoms. The Hall–Kier alpha value is -4.47. The second-order valence-corrected chi connectivity index (χ2v) is 12.2. The minimum Gasteiger partial charge on any atom is -0.477 e. The summed E-state index contributed by atoms with van der Waals surface area (Å²) in [4.78, 5) is 40.0. The third-order valence-electron chi connectivity index (χ3n) is 9.16. The van der Waals surface area contributed by atoms with Crippen LogP contribution in [-0.2, 0) is 5.41 Å². The number of rotatable bonds is 5. The zero-order valence-corrected chi connectivity index (χ0v) is 23.3. The number of carbonyl (C=O) groups is 2. The Morgan fingerprint density at radius 3 is 2.49 bits per heavy atom. The number of benzene rings is 1. The molecule has 1 amide bonds. The lowest BCUT2D eigenvalue weighted by atomic mass is 9.79. The fraction of sp³-hybridized carbons (Fsp3) is 0.387. The predicted octanol–water partition coefficient (Wildman–Crippen LogP) is 3.65. The summed E-state index contributed by atoms with van der Waals surface area (Å²) < 4.78 is 1.76. The molecule has 3 aliphatic rings. The van der Waals surface area contributed by atoms with Crippen LogP contribution in [0.25, 0.3) is 5.65 Å². The van der Waals surface area contributed by atoms with Gasteiger partial charge in [0.1, 0.15) is 5.82 Å². The molecule has 0 aliphatic carbocycles. The second-order valence-electron chi connectivity index (χ2n) is 12.2. The van der Waals surface area contributed by atoms with E-state index in [-0.39, 0.29) is 28.3 Å². The molecule has 0 bridgehead atoms. The molecule has 6 heterocycles. The highest BCUT2D eigenvalue weighted by atomic mass is 16.4. The van der Waals surface area contributed by atoms with Crippen molar-refractivity contribution in [3.63, 3.8) is 0 Å². The highest BCUT2D eigenvalue weighted by molar-refractivity contribution is 5.91. The molecule has 3 fully saturated rings. The van der Waals surface area contributed by atoms with Gasteiger partial charge in [0.2, 0.25) is 5.82 Å². The van der Waals surface area contributed by atoms with Crippen LogP contribution in [0, 0.1) is 12.3 Å². The molecule has 7 rings (SSSR count). The van der Waals surface area contributed by atoms with Gasteiger partial charge in [-0.15, -0.1) is 5.10 Å². The van der Waals surface area contributed by atoms with Crippen molar-refractivity contribution in [3.05, 3.63) is 83.4 Å². The number of carboxylic acids is 1. The number of hydrogen-bond acceptors (Lipinski definition) is 7. The quantitative estimate of drug-likeness (QED) is 0.401. The summed E-state index contributed by atoms with van der Waals surface area (Å²) in [6.45, 7) is 9.00. The van der Waals surface area contributed by atoms with Gasteiger partial charge in [-0.3, -0.25) is 4.79 Å². The molecule has 3 aliphatic heterocycles. The molecule has 0 unspecified atom stereocenters. The number of anilines is 2. The van der Waals surface area contributed by atoms with Gasteiger partial charge in [0.25, 0.3) is 5.91 Å². The number of carboxylic acid groups (broad SMARTS) is 1. The Balaban J connectivity index is 1.04. The summed E-state index contributed by atoms with van der Waals surface area (Å²) in [5, 5.41) is 13.9. The van der Waals surface area contributed by atoms with Crippen LogP contribution < -0.4 is 9.80 Å². The van der Waals surface area contributed by atoms with Gasteiger partial charge in [-0.25, -0.2) is 19.3 Å². The average Bonchev–Trinajstić information content (AvgIpc) is 3.70. The summed E-state index contributed by atoms with van der Waals surface area (Å²) >= 11 is 0. The van der Waals surface area contributed by atoms with Gasteiger partial charge in [-0.05, 0) is 49.1 Å². The maximum atomic E-state index is 13.5. The number of hydrogen-bond donors (Lipinski definition) is 1. The first kappa shape index (κ1) is 25.5. The third-order valence-corrected chi connectivity index (χ3v) is 9.16. The van der Waals surface area contributed by atoms with Crippen LogP contribution in [0.2, 0.25) is 0 Å². The molecule has 1 N–H and O–H groups in total. The predicted molar refractivity (Wildman–Crippen MR) is 155 cm³/mol. The standard InChI is InChI=1S/C31H33N7O3/c1-21-15-23(35-13-11-30(2,17-35)22-7-4-3-5-8-22)16-38-27(21)33-26(34-38)28(39)36-14-12-31(18-36)19-37(20-31)25-10-6-9-24(32-25)29(40)41/h3-10,15-16H,11-14,17-20H2,1-2H3,(H,40,41)/t30-/m0/s1. The largest absolute Gasteiger partial charge is 0.477 e. The highest BCUT2D eigenvalue weighted by Gasteiger charge is 2.49. The maximum absolute atomic E-state index is 13.5. The van der Waals surface area contributed by atoms with Crippen LogP contribution in [0.4, 0.5) is 11.5 Å². The first-order valence-corrected chi connectivity index (χ1v) is 14.1. The average molecular weight is 552 g/mol. The number of fused-ring (bicyclic) bond motifs is 1.